The summed E-state index contributed by atoms with van der Waals surface area (Å²) in [6.07, 6.45) is 0. The van der Waals surface area contributed by atoms with Crippen LogP contribution in [0.5, 0.6) is 0 Å². The molecule has 8 nitrogen and oxygen atoms in total. The first-order valence-corrected chi connectivity index (χ1v) is 11.5. The van der Waals surface area contributed by atoms with Crippen LogP contribution >= 0.6 is 0 Å². The van der Waals surface area contributed by atoms with Crippen molar-refractivity contribution in [2.24, 2.45) is 0 Å². The predicted octanol–water partition coefficient (Wildman–Crippen LogP) is 4.00. The molecule has 0 bridgehead atoms. The number of nitrogens with one attached hydrogen (secondary N) is 2. The van der Waals surface area contributed by atoms with Crippen molar-refractivity contribution in [3.63, 3.8) is 0 Å². The van der Waals surface area contributed by atoms with Crippen molar-refractivity contribution in [2.45, 2.75) is 9.79 Å². The molecule has 0 fully saturated rings. The molecular weight excluding hydrogens is 466 g/mol. The third-order valence-corrected chi connectivity index (χ3v) is 5.87. The van der Waals surface area contributed by atoms with Gasteiger partial charge in [0, 0.05) is 25.4 Å². The van der Waals surface area contributed by atoms with Crippen molar-refractivity contribution >= 4 is 43.6 Å². The Kier molecular flexibility index (Phi) is 6.37. The SMILES string of the molecule is O=C(Nc1ccc(S(=O)(=O)F)cc1)c1ccc(C(=O)Nc2ccc(S(=O)(=O)F)cc2)cc1.[HH].[HH]. The van der Waals surface area contributed by atoms with Gasteiger partial charge in [-0.1, -0.05) is 0 Å². The van der Waals surface area contributed by atoms with E-state index in [-0.39, 0.29) is 25.4 Å². The largest absolute Gasteiger partial charge is 0.332 e. The fourth-order valence-electron chi connectivity index (χ4n) is 2.58. The van der Waals surface area contributed by atoms with E-state index in [0.29, 0.717) is 0 Å². The van der Waals surface area contributed by atoms with Crippen LogP contribution in [-0.4, -0.2) is 28.6 Å². The van der Waals surface area contributed by atoms with Gasteiger partial charge in [0.15, 0.2) is 0 Å². The summed E-state index contributed by atoms with van der Waals surface area (Å²) in [6.45, 7) is 0. The Labute approximate surface area is 185 Å². The maximum Gasteiger partial charge on any atom is 0.332 e. The Bertz CT molecular complexity index is 1270. The molecule has 0 spiro atoms. The van der Waals surface area contributed by atoms with Gasteiger partial charge in [-0.05, 0) is 72.8 Å². The normalized spacial score (nSPS) is 11.6. The van der Waals surface area contributed by atoms with Gasteiger partial charge < -0.3 is 10.6 Å². The first kappa shape index (κ1) is 23.0. The zero-order chi connectivity index (χ0) is 23.5. The Morgan fingerprint density at radius 1 is 0.562 bits per heavy atom. The molecule has 32 heavy (non-hydrogen) atoms. The molecule has 0 saturated heterocycles. The lowest BCUT2D eigenvalue weighted by atomic mass is 10.1. The Morgan fingerprint density at radius 2 is 0.844 bits per heavy atom. The smallest absolute Gasteiger partial charge is 0.322 e. The second kappa shape index (κ2) is 8.85. The summed E-state index contributed by atoms with van der Waals surface area (Å²) < 4.78 is 69.1. The van der Waals surface area contributed by atoms with Gasteiger partial charge in [0.05, 0.1) is 9.79 Å². The molecule has 12 heteroatoms. The predicted molar refractivity (Wildman–Crippen MR) is 116 cm³/mol. The zero-order valence-electron chi connectivity index (χ0n) is 16.0. The number of carbonyl (C=O) groups excluding carboxylic acids is 2. The lowest BCUT2D eigenvalue weighted by Crippen LogP contribution is -2.14. The van der Waals surface area contributed by atoms with Gasteiger partial charge in [-0.25, -0.2) is 0 Å². The maximum absolute atomic E-state index is 12.9. The van der Waals surface area contributed by atoms with Crippen LogP contribution in [0.15, 0.2) is 82.6 Å². The van der Waals surface area contributed by atoms with Gasteiger partial charge >= 0.3 is 20.4 Å². The molecule has 0 unspecified atom stereocenters. The molecule has 0 aliphatic rings. The molecule has 0 heterocycles. The van der Waals surface area contributed by atoms with Crippen molar-refractivity contribution < 1.29 is 37.0 Å². The lowest BCUT2D eigenvalue weighted by Gasteiger charge is -2.08. The van der Waals surface area contributed by atoms with Crippen molar-refractivity contribution in [1.82, 2.24) is 0 Å². The third-order valence-electron chi connectivity index (χ3n) is 4.20. The number of hydrogen-bond acceptors (Lipinski definition) is 6. The Balaban J connectivity index is 0.00000289. The number of benzene rings is 3. The van der Waals surface area contributed by atoms with E-state index in [2.05, 4.69) is 10.6 Å². The molecular formula is C20H18F2N2O6S2. The highest BCUT2D eigenvalue weighted by atomic mass is 32.3. The number of anilines is 2. The molecule has 0 radical (unpaired) electrons. The van der Waals surface area contributed by atoms with E-state index in [0.717, 1.165) is 24.3 Å². The highest BCUT2D eigenvalue weighted by molar-refractivity contribution is 7.86. The summed E-state index contributed by atoms with van der Waals surface area (Å²) in [4.78, 5) is 23.5. The van der Waals surface area contributed by atoms with Gasteiger partial charge in [0.25, 0.3) is 11.8 Å². The third kappa shape index (κ3) is 5.74. The summed E-state index contributed by atoms with van der Waals surface area (Å²) >= 11 is 0. The maximum atomic E-state index is 12.9. The van der Waals surface area contributed by atoms with E-state index >= 15 is 0 Å². The van der Waals surface area contributed by atoms with Crippen LogP contribution in [0.3, 0.4) is 0 Å². The summed E-state index contributed by atoms with van der Waals surface area (Å²) in [5, 5.41) is 5.01. The van der Waals surface area contributed by atoms with Crippen LogP contribution in [0, 0.1) is 0 Å². The topological polar surface area (TPSA) is 126 Å². The molecule has 3 aromatic carbocycles. The summed E-state index contributed by atoms with van der Waals surface area (Å²) in [6, 6.07) is 14.5. The standard InChI is InChI=1S/C20H14F2N2O6S2.2H2/c21-31(27,28)17-9-5-15(6-10-17)23-19(25)13-1-2-14(4-3-13)20(26)24-16-7-11-18(12-8-16)32(22,29)30;;/h1-12H,(H,23,25)(H,24,26);2*1H. The van der Waals surface area contributed by atoms with Crippen molar-refractivity contribution in [3.05, 3.63) is 83.9 Å². The van der Waals surface area contributed by atoms with E-state index < -0.39 is 42.1 Å². The monoisotopic (exact) mass is 484 g/mol. The second-order valence-electron chi connectivity index (χ2n) is 6.41. The van der Waals surface area contributed by atoms with E-state index in [1.165, 1.54) is 48.5 Å². The first-order chi connectivity index (χ1) is 14.9. The number of carbonyl (C=O) groups is 2. The molecule has 0 aliphatic heterocycles. The van der Waals surface area contributed by atoms with Crippen LogP contribution < -0.4 is 10.6 Å². The molecule has 0 saturated carbocycles. The lowest BCUT2D eigenvalue weighted by molar-refractivity contribution is 0.101. The molecule has 3 rings (SSSR count). The summed E-state index contributed by atoms with van der Waals surface area (Å²) in [5.41, 5.74) is 0.869. The van der Waals surface area contributed by atoms with E-state index in [4.69, 9.17) is 0 Å². The molecule has 170 valence electrons. The van der Waals surface area contributed by atoms with Crippen LogP contribution in [0.4, 0.5) is 19.1 Å². The molecule has 2 amide bonds. The average molecular weight is 485 g/mol. The van der Waals surface area contributed by atoms with Crippen molar-refractivity contribution in [1.29, 1.82) is 0 Å². The van der Waals surface area contributed by atoms with Gasteiger partial charge in [-0.2, -0.15) is 16.8 Å². The highest BCUT2D eigenvalue weighted by Gasteiger charge is 2.14. The van der Waals surface area contributed by atoms with Crippen LogP contribution in [0.2, 0.25) is 0 Å². The Morgan fingerprint density at radius 3 is 1.09 bits per heavy atom. The minimum Gasteiger partial charge on any atom is -0.322 e. The van der Waals surface area contributed by atoms with Crippen LogP contribution in [-0.2, 0) is 20.4 Å². The number of amides is 2. The number of halogens is 2. The van der Waals surface area contributed by atoms with Crippen LogP contribution in [0.25, 0.3) is 0 Å². The molecule has 3 aromatic rings. The molecule has 2 N–H and O–H groups in total. The molecule has 0 atom stereocenters. The molecule has 0 aromatic heterocycles. The van der Waals surface area contributed by atoms with Gasteiger partial charge in [0.1, 0.15) is 0 Å². The van der Waals surface area contributed by atoms with E-state index in [1.54, 1.807) is 0 Å². The van der Waals surface area contributed by atoms with Gasteiger partial charge in [0.2, 0.25) is 0 Å². The zero-order valence-corrected chi connectivity index (χ0v) is 17.6. The van der Waals surface area contributed by atoms with E-state index in [9.17, 15) is 34.2 Å². The van der Waals surface area contributed by atoms with E-state index in [1.807, 2.05) is 0 Å². The van der Waals surface area contributed by atoms with Crippen LogP contribution in [0.1, 0.15) is 23.6 Å². The number of rotatable bonds is 6. The van der Waals surface area contributed by atoms with Crippen molar-refractivity contribution in [3.8, 4) is 0 Å². The fourth-order valence-corrected chi connectivity index (χ4v) is 3.50. The first-order valence-electron chi connectivity index (χ1n) is 8.76. The minimum absolute atomic E-state index is 0. The minimum atomic E-state index is -4.84. The van der Waals surface area contributed by atoms with Gasteiger partial charge in [-0.3, -0.25) is 9.59 Å². The average Bonchev–Trinajstić information content (AvgIpc) is 2.73. The fraction of sp³-hybridized carbons (Fsp3) is 0. The Hall–Kier alpha value is -3.64. The second-order valence-corrected chi connectivity index (χ2v) is 9.10. The summed E-state index contributed by atoms with van der Waals surface area (Å²) in [5.74, 6) is -1.09. The van der Waals surface area contributed by atoms with Crippen molar-refractivity contribution in [2.75, 3.05) is 10.6 Å². The summed E-state index contributed by atoms with van der Waals surface area (Å²) in [7, 11) is -9.68. The highest BCUT2D eigenvalue weighted by Crippen LogP contribution is 2.18. The van der Waals surface area contributed by atoms with Gasteiger partial charge in [-0.15, -0.1) is 7.77 Å². The number of hydrogen-bond donors (Lipinski definition) is 2. The molecule has 0 aliphatic carbocycles. The quantitative estimate of drug-likeness (QED) is 0.509.